The fraction of sp³-hybridized carbons (Fsp3) is 0.471. The van der Waals surface area contributed by atoms with Crippen LogP contribution in [0.1, 0.15) is 19.4 Å². The first-order valence-corrected chi connectivity index (χ1v) is 7.86. The third-order valence-corrected chi connectivity index (χ3v) is 3.83. The Morgan fingerprint density at radius 1 is 1.52 bits per heavy atom. The lowest BCUT2D eigenvalue weighted by Crippen LogP contribution is -2.41. The highest BCUT2D eigenvalue weighted by molar-refractivity contribution is 6.12. The van der Waals surface area contributed by atoms with Crippen molar-refractivity contribution < 1.29 is 9.47 Å². The summed E-state index contributed by atoms with van der Waals surface area (Å²) in [6, 6.07) is 3.86. The minimum absolute atomic E-state index is 0.176. The van der Waals surface area contributed by atoms with E-state index >= 15 is 0 Å². The van der Waals surface area contributed by atoms with Gasteiger partial charge in [-0.15, -0.1) is 0 Å². The zero-order chi connectivity index (χ0) is 16.8. The number of benzene rings is 1. The van der Waals surface area contributed by atoms with Crippen molar-refractivity contribution in [3.8, 4) is 5.75 Å². The van der Waals surface area contributed by atoms with Gasteiger partial charge < -0.3 is 25.8 Å². The van der Waals surface area contributed by atoms with Gasteiger partial charge >= 0.3 is 0 Å². The molecule has 126 valence electrons. The van der Waals surface area contributed by atoms with E-state index in [2.05, 4.69) is 16.8 Å². The molecule has 0 bridgehead atoms. The summed E-state index contributed by atoms with van der Waals surface area (Å²) in [5.41, 5.74) is 15.3. The summed E-state index contributed by atoms with van der Waals surface area (Å²) in [7, 11) is 1.62. The number of nitrogen functional groups attached to an aromatic ring is 1. The lowest BCUT2D eigenvalue weighted by Gasteiger charge is -2.34. The minimum Gasteiger partial charge on any atom is -0.495 e. The first-order valence-electron chi connectivity index (χ1n) is 7.86. The Kier molecular flexibility index (Phi) is 5.87. The molecule has 0 unspecified atom stereocenters. The summed E-state index contributed by atoms with van der Waals surface area (Å²) >= 11 is 0. The maximum Gasteiger partial charge on any atom is 0.143 e. The van der Waals surface area contributed by atoms with Crippen molar-refractivity contribution >= 4 is 23.2 Å². The average molecular weight is 318 g/mol. The van der Waals surface area contributed by atoms with Crippen molar-refractivity contribution in [3.63, 3.8) is 0 Å². The molecule has 0 radical (unpaired) electrons. The number of nitrogens with two attached hydrogens (primary N) is 2. The molecule has 1 fully saturated rings. The third kappa shape index (κ3) is 3.96. The van der Waals surface area contributed by atoms with Gasteiger partial charge in [-0.1, -0.05) is 0 Å². The summed E-state index contributed by atoms with van der Waals surface area (Å²) in [4.78, 5) is 6.58. The molecule has 1 aliphatic heterocycles. The molecule has 1 aromatic rings. The molecule has 6 nitrogen and oxygen atoms in total. The number of methoxy groups -OCH3 is 1. The molecule has 6 heteroatoms. The monoisotopic (exact) mass is 318 g/mol. The van der Waals surface area contributed by atoms with Crippen LogP contribution in [0, 0.1) is 0 Å². The van der Waals surface area contributed by atoms with Gasteiger partial charge in [0.05, 0.1) is 25.5 Å². The van der Waals surface area contributed by atoms with Crippen molar-refractivity contribution in [2.45, 2.75) is 20.0 Å². The van der Waals surface area contributed by atoms with Gasteiger partial charge in [0.25, 0.3) is 0 Å². The van der Waals surface area contributed by atoms with E-state index in [9.17, 15) is 0 Å². The molecule has 0 aromatic heterocycles. The Bertz CT molecular complexity index is 599. The first-order chi connectivity index (χ1) is 11.1. The number of rotatable bonds is 5. The molecule has 4 N–H and O–H groups in total. The lowest BCUT2D eigenvalue weighted by molar-refractivity contribution is 0.0532. The highest BCUT2D eigenvalue weighted by Crippen LogP contribution is 2.35. The molecule has 2 rings (SSSR count). The predicted molar refractivity (Wildman–Crippen MR) is 96.2 cm³/mol. The van der Waals surface area contributed by atoms with E-state index in [1.807, 2.05) is 19.1 Å². The highest BCUT2D eigenvalue weighted by Gasteiger charge is 2.22. The summed E-state index contributed by atoms with van der Waals surface area (Å²) in [5, 5.41) is 0. The molecule has 1 atom stereocenters. The van der Waals surface area contributed by atoms with Crippen LogP contribution in [-0.4, -0.2) is 45.7 Å². The maximum absolute atomic E-state index is 6.10. The molecule has 23 heavy (non-hydrogen) atoms. The zero-order valence-electron chi connectivity index (χ0n) is 14.1. The van der Waals surface area contributed by atoms with Crippen LogP contribution in [0.15, 0.2) is 23.3 Å². The van der Waals surface area contributed by atoms with Crippen LogP contribution >= 0.6 is 0 Å². The molecule has 1 heterocycles. The number of ether oxygens (including phenoxy) is 2. The minimum atomic E-state index is 0.176. The van der Waals surface area contributed by atoms with Gasteiger partial charge in [-0.25, -0.2) is 0 Å². The quantitative estimate of drug-likeness (QED) is 0.639. The highest BCUT2D eigenvalue weighted by atomic mass is 16.5. The van der Waals surface area contributed by atoms with Crippen molar-refractivity contribution in [2.75, 3.05) is 44.0 Å². The lowest BCUT2D eigenvalue weighted by atomic mass is 10.0. The van der Waals surface area contributed by atoms with Gasteiger partial charge in [0.1, 0.15) is 5.75 Å². The van der Waals surface area contributed by atoms with E-state index in [4.69, 9.17) is 20.9 Å². The fourth-order valence-corrected chi connectivity index (χ4v) is 2.68. The van der Waals surface area contributed by atoms with E-state index in [1.54, 1.807) is 19.5 Å². The molecule has 0 saturated carbocycles. The van der Waals surface area contributed by atoms with Crippen molar-refractivity contribution in [3.05, 3.63) is 23.9 Å². The van der Waals surface area contributed by atoms with E-state index < -0.39 is 0 Å². The van der Waals surface area contributed by atoms with Gasteiger partial charge in [0.15, 0.2) is 0 Å². The number of morpholine rings is 1. The molecule has 1 aromatic carbocycles. The fourth-order valence-electron chi connectivity index (χ4n) is 2.68. The molecular formula is C17H26N4O2. The second-order valence-corrected chi connectivity index (χ2v) is 5.49. The first kappa shape index (κ1) is 17.1. The van der Waals surface area contributed by atoms with E-state index in [0.29, 0.717) is 24.6 Å². The standard InChI is InChI=1S/C17H26N4O2/c1-4-20-10-13(9-18)14-7-15(19)17(22-3)8-16(14)21-5-6-23-12(2)11-21/h7-10,12H,4-6,11,18-19H2,1-3H3/t12-/m1/s1. The van der Waals surface area contributed by atoms with Crippen molar-refractivity contribution in [1.82, 2.24) is 0 Å². The van der Waals surface area contributed by atoms with Crippen LogP contribution < -0.4 is 21.1 Å². The Morgan fingerprint density at radius 3 is 2.91 bits per heavy atom. The molecule has 1 aliphatic rings. The average Bonchev–Trinajstić information content (AvgIpc) is 2.55. The Balaban J connectivity index is 2.50. The number of allylic oxidation sites excluding steroid dienone is 1. The normalized spacial score (nSPS) is 19.3. The second kappa shape index (κ2) is 7.87. The van der Waals surface area contributed by atoms with Crippen LogP contribution in [0.25, 0.3) is 5.57 Å². The molecule has 0 spiro atoms. The summed E-state index contributed by atoms with van der Waals surface area (Å²) in [6.07, 6.45) is 3.53. The summed E-state index contributed by atoms with van der Waals surface area (Å²) < 4.78 is 11.0. The summed E-state index contributed by atoms with van der Waals surface area (Å²) in [6.45, 7) is 7.07. The van der Waals surface area contributed by atoms with Crippen LogP contribution in [0.4, 0.5) is 11.4 Å². The third-order valence-electron chi connectivity index (χ3n) is 3.83. The van der Waals surface area contributed by atoms with Gasteiger partial charge in [-0.2, -0.15) is 0 Å². The number of aliphatic imine (C=N–C) groups is 1. The van der Waals surface area contributed by atoms with Crippen LogP contribution in [-0.2, 0) is 4.74 Å². The topological polar surface area (TPSA) is 86.1 Å². The van der Waals surface area contributed by atoms with Gasteiger partial charge in [0, 0.05) is 54.9 Å². The van der Waals surface area contributed by atoms with Crippen LogP contribution in [0.2, 0.25) is 0 Å². The number of hydrogen-bond donors (Lipinski definition) is 2. The smallest absolute Gasteiger partial charge is 0.143 e. The van der Waals surface area contributed by atoms with E-state index in [1.165, 1.54) is 0 Å². The van der Waals surface area contributed by atoms with Crippen molar-refractivity contribution in [2.24, 2.45) is 10.7 Å². The van der Waals surface area contributed by atoms with Crippen molar-refractivity contribution in [1.29, 1.82) is 0 Å². The second-order valence-electron chi connectivity index (χ2n) is 5.49. The maximum atomic E-state index is 6.10. The van der Waals surface area contributed by atoms with Gasteiger partial charge in [0.2, 0.25) is 0 Å². The van der Waals surface area contributed by atoms with Crippen LogP contribution in [0.3, 0.4) is 0 Å². The summed E-state index contributed by atoms with van der Waals surface area (Å²) in [5.74, 6) is 0.659. The molecule has 0 aliphatic carbocycles. The van der Waals surface area contributed by atoms with E-state index in [-0.39, 0.29) is 6.10 Å². The largest absolute Gasteiger partial charge is 0.495 e. The van der Waals surface area contributed by atoms with E-state index in [0.717, 1.165) is 29.9 Å². The predicted octanol–water partition coefficient (Wildman–Crippen LogP) is 1.89. The SMILES string of the molecule is CCN=CC(=CN)c1cc(N)c(OC)cc1N1CCO[C@H](C)C1. The van der Waals surface area contributed by atoms with Crippen LogP contribution in [0.5, 0.6) is 5.75 Å². The molecule has 0 amide bonds. The Morgan fingerprint density at radius 2 is 2.30 bits per heavy atom. The van der Waals surface area contributed by atoms with Gasteiger partial charge in [-0.3, -0.25) is 4.99 Å². The number of anilines is 2. The number of nitrogens with zero attached hydrogens (tertiary/aromatic N) is 2. The molecule has 1 saturated heterocycles. The molecular weight excluding hydrogens is 292 g/mol. The van der Waals surface area contributed by atoms with Gasteiger partial charge in [-0.05, 0) is 19.9 Å². The number of hydrogen-bond acceptors (Lipinski definition) is 6. The Hall–Kier alpha value is -2.21. The Labute approximate surface area is 137 Å². The zero-order valence-corrected chi connectivity index (χ0v) is 14.1.